The Labute approximate surface area is 161 Å². The number of sulfonamides is 1. The Morgan fingerprint density at radius 1 is 1.00 bits per heavy atom. The SMILES string of the molecule is Cc1cc(C(=O)CN2CCN(S(=O)(=O)c3ccc(C)c(C)c3)CC2)c(C)[nH]1. The molecule has 2 heterocycles. The van der Waals surface area contributed by atoms with Gasteiger partial charge in [0.15, 0.2) is 5.78 Å². The summed E-state index contributed by atoms with van der Waals surface area (Å²) in [4.78, 5) is 18.0. The van der Waals surface area contributed by atoms with E-state index in [-0.39, 0.29) is 5.78 Å². The van der Waals surface area contributed by atoms with Gasteiger partial charge in [0.2, 0.25) is 10.0 Å². The van der Waals surface area contributed by atoms with E-state index in [4.69, 9.17) is 0 Å². The number of hydrogen-bond donors (Lipinski definition) is 1. The van der Waals surface area contributed by atoms with E-state index in [9.17, 15) is 13.2 Å². The van der Waals surface area contributed by atoms with Crippen LogP contribution in [-0.4, -0.2) is 61.1 Å². The molecule has 1 aromatic heterocycles. The van der Waals surface area contributed by atoms with Crippen molar-refractivity contribution in [2.75, 3.05) is 32.7 Å². The summed E-state index contributed by atoms with van der Waals surface area (Å²) in [7, 11) is -3.49. The first-order valence-electron chi connectivity index (χ1n) is 9.17. The van der Waals surface area contributed by atoms with E-state index in [2.05, 4.69) is 4.98 Å². The predicted molar refractivity (Wildman–Crippen MR) is 106 cm³/mol. The highest BCUT2D eigenvalue weighted by atomic mass is 32.2. The maximum Gasteiger partial charge on any atom is 0.243 e. The maximum absolute atomic E-state index is 12.9. The second-order valence-electron chi connectivity index (χ2n) is 7.34. The topological polar surface area (TPSA) is 73.5 Å². The fraction of sp³-hybridized carbons (Fsp3) is 0.450. The van der Waals surface area contributed by atoms with E-state index in [0.29, 0.717) is 37.6 Å². The standard InChI is InChI=1S/C20H27N3O3S/c1-14-5-6-18(11-15(14)2)27(25,26)23-9-7-22(8-10-23)13-20(24)19-12-16(3)21-17(19)4/h5-6,11-12,21H,7-10,13H2,1-4H3. The van der Waals surface area contributed by atoms with Gasteiger partial charge >= 0.3 is 0 Å². The third-order valence-electron chi connectivity index (χ3n) is 5.26. The molecule has 0 atom stereocenters. The maximum atomic E-state index is 12.9. The van der Waals surface area contributed by atoms with E-state index >= 15 is 0 Å². The van der Waals surface area contributed by atoms with E-state index in [1.54, 1.807) is 12.1 Å². The van der Waals surface area contributed by atoms with Gasteiger partial charge in [-0.3, -0.25) is 9.69 Å². The highest BCUT2D eigenvalue weighted by molar-refractivity contribution is 7.89. The first kappa shape index (κ1) is 19.8. The zero-order valence-corrected chi connectivity index (χ0v) is 17.2. The number of aryl methyl sites for hydroxylation is 4. The molecule has 0 bridgehead atoms. The number of aromatic nitrogens is 1. The van der Waals surface area contributed by atoms with Crippen LogP contribution in [0.15, 0.2) is 29.2 Å². The van der Waals surface area contributed by atoms with Gasteiger partial charge in [-0.2, -0.15) is 4.31 Å². The van der Waals surface area contributed by atoms with Crippen LogP contribution in [0, 0.1) is 27.7 Å². The first-order chi connectivity index (χ1) is 12.7. The molecular weight excluding hydrogens is 362 g/mol. The molecule has 7 heteroatoms. The molecule has 0 radical (unpaired) electrons. The fourth-order valence-corrected chi connectivity index (χ4v) is 4.96. The van der Waals surface area contributed by atoms with Crippen LogP contribution in [0.4, 0.5) is 0 Å². The van der Waals surface area contributed by atoms with Gasteiger partial charge in [0.1, 0.15) is 0 Å². The van der Waals surface area contributed by atoms with Crippen LogP contribution >= 0.6 is 0 Å². The molecule has 1 aliphatic rings. The number of nitrogens with one attached hydrogen (secondary N) is 1. The molecule has 27 heavy (non-hydrogen) atoms. The van der Waals surface area contributed by atoms with Crippen LogP contribution in [0.1, 0.15) is 32.9 Å². The predicted octanol–water partition coefficient (Wildman–Crippen LogP) is 2.44. The lowest BCUT2D eigenvalue weighted by Crippen LogP contribution is -2.49. The Kier molecular flexibility index (Phi) is 5.55. The third kappa shape index (κ3) is 4.15. The molecule has 3 rings (SSSR count). The van der Waals surface area contributed by atoms with Gasteiger partial charge in [-0.05, 0) is 57.0 Å². The highest BCUT2D eigenvalue weighted by Crippen LogP contribution is 2.21. The normalized spacial score (nSPS) is 16.6. The number of hydrogen-bond acceptors (Lipinski definition) is 4. The number of rotatable bonds is 5. The molecule has 0 unspecified atom stereocenters. The number of nitrogens with zero attached hydrogens (tertiary/aromatic N) is 2. The number of Topliss-reactive ketones (excluding diaryl/α,β-unsaturated/α-hetero) is 1. The van der Waals surface area contributed by atoms with Crippen molar-refractivity contribution in [3.63, 3.8) is 0 Å². The lowest BCUT2D eigenvalue weighted by molar-refractivity contribution is 0.0901. The first-order valence-corrected chi connectivity index (χ1v) is 10.6. The van der Waals surface area contributed by atoms with Gasteiger partial charge in [-0.15, -0.1) is 0 Å². The summed E-state index contributed by atoms with van der Waals surface area (Å²) in [5.74, 6) is 0.0716. The van der Waals surface area contributed by atoms with E-state index in [1.807, 2.05) is 44.7 Å². The van der Waals surface area contributed by atoms with Crippen LogP contribution in [-0.2, 0) is 10.0 Å². The minimum atomic E-state index is -3.49. The van der Waals surface area contributed by atoms with Crippen molar-refractivity contribution in [1.82, 2.24) is 14.2 Å². The van der Waals surface area contributed by atoms with Gasteiger partial charge in [0, 0.05) is 43.1 Å². The number of carbonyl (C=O) groups excluding carboxylic acids is 1. The van der Waals surface area contributed by atoms with Crippen LogP contribution in [0.2, 0.25) is 0 Å². The van der Waals surface area contributed by atoms with Crippen LogP contribution in [0.3, 0.4) is 0 Å². The van der Waals surface area contributed by atoms with Crippen molar-refractivity contribution in [2.45, 2.75) is 32.6 Å². The van der Waals surface area contributed by atoms with Gasteiger partial charge in [-0.25, -0.2) is 8.42 Å². The second kappa shape index (κ2) is 7.58. The molecule has 0 aliphatic carbocycles. The van der Waals surface area contributed by atoms with Gasteiger partial charge < -0.3 is 4.98 Å². The summed E-state index contributed by atoms with van der Waals surface area (Å²) >= 11 is 0. The zero-order chi connectivity index (χ0) is 19.8. The molecule has 0 spiro atoms. The lowest BCUT2D eigenvalue weighted by Gasteiger charge is -2.33. The molecular formula is C20H27N3O3S. The number of benzene rings is 1. The molecule has 0 saturated carbocycles. The lowest BCUT2D eigenvalue weighted by atomic mass is 10.1. The monoisotopic (exact) mass is 389 g/mol. The highest BCUT2D eigenvalue weighted by Gasteiger charge is 2.29. The Hall–Kier alpha value is -1.96. The van der Waals surface area contributed by atoms with E-state index < -0.39 is 10.0 Å². The smallest absolute Gasteiger partial charge is 0.243 e. The average molecular weight is 390 g/mol. The number of piperazine rings is 1. The molecule has 146 valence electrons. The van der Waals surface area contributed by atoms with Gasteiger partial charge in [-0.1, -0.05) is 6.07 Å². The van der Waals surface area contributed by atoms with Crippen molar-refractivity contribution in [2.24, 2.45) is 0 Å². The molecule has 1 saturated heterocycles. The number of aromatic amines is 1. The van der Waals surface area contributed by atoms with Crippen LogP contribution < -0.4 is 0 Å². The van der Waals surface area contributed by atoms with Crippen molar-refractivity contribution < 1.29 is 13.2 Å². The average Bonchev–Trinajstić information content (AvgIpc) is 2.96. The van der Waals surface area contributed by atoms with Crippen molar-refractivity contribution in [1.29, 1.82) is 0 Å². The Morgan fingerprint density at radius 2 is 1.67 bits per heavy atom. The minimum Gasteiger partial charge on any atom is -0.362 e. The Bertz CT molecular complexity index is 955. The van der Waals surface area contributed by atoms with Crippen LogP contribution in [0.25, 0.3) is 0 Å². The number of ketones is 1. The molecule has 0 amide bonds. The van der Waals surface area contributed by atoms with Crippen molar-refractivity contribution in [3.05, 3.63) is 52.3 Å². The number of carbonyl (C=O) groups is 1. The second-order valence-corrected chi connectivity index (χ2v) is 9.28. The number of H-pyrrole nitrogens is 1. The molecule has 1 N–H and O–H groups in total. The quantitative estimate of drug-likeness (QED) is 0.797. The summed E-state index contributed by atoms with van der Waals surface area (Å²) < 4.78 is 27.3. The molecule has 1 aliphatic heterocycles. The van der Waals surface area contributed by atoms with Gasteiger partial charge in [0.05, 0.1) is 11.4 Å². The minimum absolute atomic E-state index is 0.0716. The largest absolute Gasteiger partial charge is 0.362 e. The molecule has 1 aromatic carbocycles. The third-order valence-corrected chi connectivity index (χ3v) is 7.16. The van der Waals surface area contributed by atoms with Crippen molar-refractivity contribution in [3.8, 4) is 0 Å². The van der Waals surface area contributed by atoms with Crippen LogP contribution in [0.5, 0.6) is 0 Å². The van der Waals surface area contributed by atoms with Crippen molar-refractivity contribution >= 4 is 15.8 Å². The summed E-state index contributed by atoms with van der Waals surface area (Å²) in [6.45, 7) is 9.93. The Morgan fingerprint density at radius 3 is 2.22 bits per heavy atom. The summed E-state index contributed by atoms with van der Waals surface area (Å²) in [5.41, 5.74) is 4.62. The Balaban J connectivity index is 1.63. The van der Waals surface area contributed by atoms with E-state index in [0.717, 1.165) is 28.1 Å². The molecule has 6 nitrogen and oxygen atoms in total. The van der Waals surface area contributed by atoms with E-state index in [1.165, 1.54) is 4.31 Å². The summed E-state index contributed by atoms with van der Waals surface area (Å²) in [6, 6.07) is 7.12. The fourth-order valence-electron chi connectivity index (χ4n) is 3.45. The zero-order valence-electron chi connectivity index (χ0n) is 16.4. The molecule has 1 fully saturated rings. The summed E-state index contributed by atoms with van der Waals surface area (Å²) in [5, 5.41) is 0. The summed E-state index contributed by atoms with van der Waals surface area (Å²) in [6.07, 6.45) is 0. The van der Waals surface area contributed by atoms with Gasteiger partial charge in [0.25, 0.3) is 0 Å². The molecule has 2 aromatic rings.